The Hall–Kier alpha value is -1.64. The number of rotatable bonds is 5. The summed E-state index contributed by atoms with van der Waals surface area (Å²) < 4.78 is 28.8. The molecule has 0 spiro atoms. The Morgan fingerprint density at radius 2 is 2.05 bits per heavy atom. The zero-order valence-electron chi connectivity index (χ0n) is 12.4. The molecule has 1 aromatic heterocycles. The minimum atomic E-state index is -2.96. The normalized spacial score (nSPS) is 18.1. The summed E-state index contributed by atoms with van der Waals surface area (Å²) in [4.78, 5) is 14.6. The summed E-state index contributed by atoms with van der Waals surface area (Å²) in [5.41, 5.74) is 0. The van der Waals surface area contributed by atoms with Crippen LogP contribution in [0.25, 0.3) is 0 Å². The first-order chi connectivity index (χ1) is 10.0. The molecule has 0 amide bonds. The Labute approximate surface area is 124 Å². The molecule has 9 heteroatoms. The lowest BCUT2D eigenvalue weighted by atomic mass is 10.4. The van der Waals surface area contributed by atoms with Crippen molar-refractivity contribution in [1.82, 2.24) is 15.0 Å². The van der Waals surface area contributed by atoms with Gasteiger partial charge in [0, 0.05) is 20.1 Å². The third-order valence-electron chi connectivity index (χ3n) is 3.10. The van der Waals surface area contributed by atoms with E-state index < -0.39 is 9.84 Å². The topological polar surface area (TPSA) is 97.3 Å². The number of hydrogen-bond donors (Lipinski definition) is 1. The maximum Gasteiger partial charge on any atom is 0.323 e. The van der Waals surface area contributed by atoms with Crippen LogP contribution in [0.4, 0.5) is 11.9 Å². The predicted molar refractivity (Wildman–Crippen MR) is 80.6 cm³/mol. The molecule has 1 aliphatic heterocycles. The van der Waals surface area contributed by atoms with E-state index in [9.17, 15) is 8.42 Å². The molecule has 0 bridgehead atoms. The Morgan fingerprint density at radius 3 is 2.76 bits per heavy atom. The van der Waals surface area contributed by atoms with Crippen molar-refractivity contribution in [2.24, 2.45) is 0 Å². The number of hydrogen-bond acceptors (Lipinski definition) is 8. The van der Waals surface area contributed by atoms with Crippen molar-refractivity contribution in [1.29, 1.82) is 0 Å². The molecule has 0 atom stereocenters. The second-order valence-corrected chi connectivity index (χ2v) is 7.14. The molecule has 1 N–H and O–H groups in total. The first-order valence-electron chi connectivity index (χ1n) is 7.06. The fourth-order valence-electron chi connectivity index (χ4n) is 2.00. The standard InChI is InChI=1S/C12H21N5O3S/c1-3-7-20-12-15-10(13-2)14-11(16-12)17-5-4-8-21(18,19)9-6-17/h3-9H2,1-2H3,(H,13,14,15,16). The van der Waals surface area contributed by atoms with Crippen LogP contribution in [0.2, 0.25) is 0 Å². The van der Waals surface area contributed by atoms with Gasteiger partial charge in [0.2, 0.25) is 11.9 Å². The van der Waals surface area contributed by atoms with Gasteiger partial charge in [-0.1, -0.05) is 6.92 Å². The van der Waals surface area contributed by atoms with Gasteiger partial charge in [0.25, 0.3) is 0 Å². The smallest absolute Gasteiger partial charge is 0.323 e. The molecule has 2 rings (SSSR count). The van der Waals surface area contributed by atoms with Gasteiger partial charge in [-0.3, -0.25) is 0 Å². The molecule has 1 aromatic rings. The number of sulfone groups is 1. The Balaban J connectivity index is 2.21. The van der Waals surface area contributed by atoms with E-state index in [0.29, 0.717) is 38.0 Å². The summed E-state index contributed by atoms with van der Waals surface area (Å²) in [6, 6.07) is 0.262. The Kier molecular flexibility index (Phi) is 5.16. The van der Waals surface area contributed by atoms with Crippen LogP contribution in [0, 0.1) is 0 Å². The van der Waals surface area contributed by atoms with E-state index in [2.05, 4.69) is 20.3 Å². The van der Waals surface area contributed by atoms with E-state index in [1.165, 1.54) is 0 Å². The highest BCUT2D eigenvalue weighted by Crippen LogP contribution is 2.17. The van der Waals surface area contributed by atoms with Gasteiger partial charge in [-0.15, -0.1) is 0 Å². The highest BCUT2D eigenvalue weighted by atomic mass is 32.2. The number of aromatic nitrogens is 3. The molecule has 2 heterocycles. The van der Waals surface area contributed by atoms with E-state index in [0.717, 1.165) is 6.42 Å². The first kappa shape index (κ1) is 15.7. The number of ether oxygens (including phenoxy) is 1. The molecule has 0 radical (unpaired) electrons. The van der Waals surface area contributed by atoms with Gasteiger partial charge in [0.15, 0.2) is 9.84 Å². The molecule has 8 nitrogen and oxygen atoms in total. The maximum absolute atomic E-state index is 11.7. The van der Waals surface area contributed by atoms with Gasteiger partial charge >= 0.3 is 6.01 Å². The molecule has 0 aromatic carbocycles. The van der Waals surface area contributed by atoms with Gasteiger partial charge in [0.1, 0.15) is 0 Å². The molecular formula is C12H21N5O3S. The lowest BCUT2D eigenvalue weighted by Crippen LogP contribution is -2.29. The molecule has 1 saturated heterocycles. The third kappa shape index (κ3) is 4.42. The Bertz CT molecular complexity index is 578. The predicted octanol–water partition coefficient (Wildman–Crippen LogP) is 0.327. The van der Waals surface area contributed by atoms with E-state index in [1.54, 1.807) is 7.05 Å². The second kappa shape index (κ2) is 6.88. The van der Waals surface area contributed by atoms with Crippen molar-refractivity contribution in [3.63, 3.8) is 0 Å². The largest absolute Gasteiger partial charge is 0.463 e. The Morgan fingerprint density at radius 1 is 1.24 bits per heavy atom. The van der Waals surface area contributed by atoms with Gasteiger partial charge in [0.05, 0.1) is 18.1 Å². The average molecular weight is 315 g/mol. The zero-order valence-corrected chi connectivity index (χ0v) is 13.2. The van der Waals surface area contributed by atoms with Gasteiger partial charge in [-0.2, -0.15) is 15.0 Å². The summed E-state index contributed by atoms with van der Waals surface area (Å²) >= 11 is 0. The van der Waals surface area contributed by atoms with E-state index in [4.69, 9.17) is 4.74 Å². The SMILES string of the molecule is CCCOc1nc(NC)nc(N2CCCS(=O)(=O)CC2)n1. The van der Waals surface area contributed by atoms with Crippen molar-refractivity contribution in [2.75, 3.05) is 48.5 Å². The summed E-state index contributed by atoms with van der Waals surface area (Å²) in [7, 11) is -1.24. The molecular weight excluding hydrogens is 294 g/mol. The molecule has 0 unspecified atom stereocenters. The van der Waals surface area contributed by atoms with Crippen molar-refractivity contribution >= 4 is 21.7 Å². The second-order valence-electron chi connectivity index (χ2n) is 4.83. The van der Waals surface area contributed by atoms with Crippen LogP contribution < -0.4 is 15.0 Å². The van der Waals surface area contributed by atoms with Gasteiger partial charge in [-0.25, -0.2) is 8.42 Å². The van der Waals surface area contributed by atoms with E-state index >= 15 is 0 Å². The highest BCUT2D eigenvalue weighted by molar-refractivity contribution is 7.91. The maximum atomic E-state index is 11.7. The van der Waals surface area contributed by atoms with Gasteiger partial charge in [-0.05, 0) is 12.8 Å². The minimum Gasteiger partial charge on any atom is -0.463 e. The molecule has 0 aliphatic carbocycles. The minimum absolute atomic E-state index is 0.124. The van der Waals surface area contributed by atoms with Crippen LogP contribution in [0.1, 0.15) is 19.8 Å². The van der Waals surface area contributed by atoms with Crippen LogP contribution in [-0.4, -0.2) is 61.6 Å². The van der Waals surface area contributed by atoms with Crippen LogP contribution >= 0.6 is 0 Å². The summed E-state index contributed by atoms with van der Waals surface area (Å²) in [5.74, 6) is 1.21. The third-order valence-corrected chi connectivity index (χ3v) is 4.82. The fourth-order valence-corrected chi connectivity index (χ4v) is 3.27. The highest BCUT2D eigenvalue weighted by Gasteiger charge is 2.22. The van der Waals surface area contributed by atoms with Crippen LogP contribution in [0.5, 0.6) is 6.01 Å². The molecule has 21 heavy (non-hydrogen) atoms. The van der Waals surface area contributed by atoms with Crippen molar-refractivity contribution < 1.29 is 13.2 Å². The van der Waals surface area contributed by atoms with E-state index in [1.807, 2.05) is 11.8 Å². The molecule has 1 fully saturated rings. The molecule has 0 saturated carbocycles. The molecule has 118 valence electrons. The summed E-state index contributed by atoms with van der Waals surface area (Å²) in [5, 5.41) is 2.87. The van der Waals surface area contributed by atoms with E-state index in [-0.39, 0.29) is 17.5 Å². The summed E-state index contributed by atoms with van der Waals surface area (Å²) in [6.07, 6.45) is 1.44. The molecule has 1 aliphatic rings. The fraction of sp³-hybridized carbons (Fsp3) is 0.750. The van der Waals surface area contributed by atoms with Crippen LogP contribution in [-0.2, 0) is 9.84 Å². The first-order valence-corrected chi connectivity index (χ1v) is 8.88. The lowest BCUT2D eigenvalue weighted by Gasteiger charge is -2.20. The van der Waals surface area contributed by atoms with Crippen molar-refractivity contribution in [2.45, 2.75) is 19.8 Å². The average Bonchev–Trinajstić information content (AvgIpc) is 2.65. The van der Waals surface area contributed by atoms with Crippen molar-refractivity contribution in [3.8, 4) is 6.01 Å². The lowest BCUT2D eigenvalue weighted by molar-refractivity contribution is 0.292. The van der Waals surface area contributed by atoms with Crippen LogP contribution in [0.3, 0.4) is 0 Å². The number of anilines is 2. The summed E-state index contributed by atoms with van der Waals surface area (Å²) in [6.45, 7) is 3.53. The zero-order chi connectivity index (χ0) is 15.3. The van der Waals surface area contributed by atoms with Gasteiger partial charge < -0.3 is 15.0 Å². The number of nitrogens with one attached hydrogen (secondary N) is 1. The van der Waals surface area contributed by atoms with Crippen LogP contribution in [0.15, 0.2) is 0 Å². The number of nitrogens with zero attached hydrogens (tertiary/aromatic N) is 4. The quantitative estimate of drug-likeness (QED) is 0.830. The monoisotopic (exact) mass is 315 g/mol. The van der Waals surface area contributed by atoms with Crippen molar-refractivity contribution in [3.05, 3.63) is 0 Å².